The topological polar surface area (TPSA) is 65.2 Å². The van der Waals surface area contributed by atoms with Gasteiger partial charge in [0, 0.05) is 12.3 Å². The van der Waals surface area contributed by atoms with Crippen LogP contribution in [0.3, 0.4) is 0 Å². The molecular weight excluding hydrogens is 184 g/mol. The van der Waals surface area contributed by atoms with E-state index < -0.39 is 0 Å². The first-order valence-corrected chi connectivity index (χ1v) is 4.68. The molecule has 0 aliphatic heterocycles. The number of ether oxygens (including phenoxy) is 1. The number of rotatable bonds is 4. The summed E-state index contributed by atoms with van der Waals surface area (Å²) in [5.41, 5.74) is 0. The molecule has 1 fully saturated rings. The van der Waals surface area contributed by atoms with Gasteiger partial charge in [0.05, 0.1) is 13.5 Å². The van der Waals surface area contributed by atoms with Gasteiger partial charge < -0.3 is 9.15 Å². The lowest BCUT2D eigenvalue weighted by Gasteiger charge is -1.94. The van der Waals surface area contributed by atoms with Crippen molar-refractivity contribution in [3.05, 3.63) is 11.8 Å². The van der Waals surface area contributed by atoms with E-state index in [0.717, 1.165) is 12.8 Å². The summed E-state index contributed by atoms with van der Waals surface area (Å²) in [6.45, 7) is 0. The maximum atomic E-state index is 10.8. The number of carbonyl (C=O) groups excluding carboxylic acids is 1. The highest BCUT2D eigenvalue weighted by atomic mass is 16.5. The summed E-state index contributed by atoms with van der Waals surface area (Å²) >= 11 is 0. The number of aromatic nitrogens is 2. The van der Waals surface area contributed by atoms with E-state index in [1.807, 2.05) is 0 Å². The van der Waals surface area contributed by atoms with Crippen LogP contribution in [0.15, 0.2) is 4.42 Å². The first-order valence-electron chi connectivity index (χ1n) is 4.68. The first kappa shape index (κ1) is 9.18. The molecule has 1 saturated carbocycles. The molecule has 0 unspecified atom stereocenters. The Balaban J connectivity index is 1.86. The van der Waals surface area contributed by atoms with E-state index in [-0.39, 0.29) is 5.97 Å². The quantitative estimate of drug-likeness (QED) is 0.673. The molecule has 1 heterocycles. The fourth-order valence-electron chi connectivity index (χ4n) is 1.17. The van der Waals surface area contributed by atoms with Gasteiger partial charge in [0.25, 0.3) is 0 Å². The lowest BCUT2D eigenvalue weighted by Crippen LogP contribution is -2.01. The summed E-state index contributed by atoms with van der Waals surface area (Å²) < 4.78 is 9.88. The SMILES string of the molecule is COC(=O)CCc1nnc(C2CC2)o1. The third-order valence-electron chi connectivity index (χ3n) is 2.18. The summed E-state index contributed by atoms with van der Waals surface area (Å²) in [6, 6.07) is 0. The van der Waals surface area contributed by atoms with E-state index in [1.54, 1.807) is 0 Å². The normalized spacial score (nSPS) is 15.5. The number of hydrogen-bond acceptors (Lipinski definition) is 5. The zero-order chi connectivity index (χ0) is 9.97. The average molecular weight is 196 g/mol. The number of carbonyl (C=O) groups is 1. The Kier molecular flexibility index (Phi) is 2.47. The van der Waals surface area contributed by atoms with Crippen molar-refractivity contribution in [1.82, 2.24) is 10.2 Å². The van der Waals surface area contributed by atoms with Gasteiger partial charge in [0.1, 0.15) is 0 Å². The van der Waals surface area contributed by atoms with Crippen LogP contribution in [0.2, 0.25) is 0 Å². The minimum atomic E-state index is -0.254. The Labute approximate surface area is 81.5 Å². The Morgan fingerprint density at radius 1 is 1.57 bits per heavy atom. The monoisotopic (exact) mass is 196 g/mol. The highest BCUT2D eigenvalue weighted by molar-refractivity contribution is 5.69. The van der Waals surface area contributed by atoms with Crippen LogP contribution in [-0.2, 0) is 16.0 Å². The van der Waals surface area contributed by atoms with Crippen LogP contribution in [0, 0.1) is 0 Å². The number of esters is 1. The Hall–Kier alpha value is -1.39. The van der Waals surface area contributed by atoms with E-state index in [0.29, 0.717) is 30.5 Å². The van der Waals surface area contributed by atoms with Gasteiger partial charge in [-0.3, -0.25) is 4.79 Å². The second-order valence-electron chi connectivity index (χ2n) is 3.38. The van der Waals surface area contributed by atoms with Gasteiger partial charge in [-0.15, -0.1) is 10.2 Å². The largest absolute Gasteiger partial charge is 0.469 e. The summed E-state index contributed by atoms with van der Waals surface area (Å²) in [7, 11) is 1.37. The zero-order valence-electron chi connectivity index (χ0n) is 8.02. The van der Waals surface area contributed by atoms with Crippen molar-refractivity contribution < 1.29 is 13.9 Å². The molecule has 0 bridgehead atoms. The fraction of sp³-hybridized carbons (Fsp3) is 0.667. The minimum absolute atomic E-state index is 0.254. The van der Waals surface area contributed by atoms with Gasteiger partial charge in [0.15, 0.2) is 0 Å². The third-order valence-corrected chi connectivity index (χ3v) is 2.18. The minimum Gasteiger partial charge on any atom is -0.469 e. The molecule has 1 aromatic heterocycles. The maximum Gasteiger partial charge on any atom is 0.306 e. The molecule has 0 radical (unpaired) electrons. The lowest BCUT2D eigenvalue weighted by atomic mass is 10.3. The van der Waals surface area contributed by atoms with Crippen molar-refractivity contribution in [2.75, 3.05) is 7.11 Å². The van der Waals surface area contributed by atoms with Crippen molar-refractivity contribution in [3.63, 3.8) is 0 Å². The van der Waals surface area contributed by atoms with E-state index in [9.17, 15) is 4.79 Å². The third kappa shape index (κ3) is 2.10. The molecule has 1 aromatic rings. The average Bonchev–Trinajstić information content (AvgIpc) is 2.95. The summed E-state index contributed by atoms with van der Waals surface area (Å²) in [5, 5.41) is 7.77. The predicted molar refractivity (Wildman–Crippen MR) is 46.6 cm³/mol. The summed E-state index contributed by atoms with van der Waals surface area (Å²) in [5.74, 6) is 1.45. The smallest absolute Gasteiger partial charge is 0.306 e. The number of methoxy groups -OCH3 is 1. The van der Waals surface area contributed by atoms with E-state index in [2.05, 4.69) is 14.9 Å². The maximum absolute atomic E-state index is 10.8. The summed E-state index contributed by atoms with van der Waals surface area (Å²) in [4.78, 5) is 10.8. The Bertz CT molecular complexity index is 331. The van der Waals surface area contributed by atoms with Gasteiger partial charge in [-0.25, -0.2) is 0 Å². The highest BCUT2D eigenvalue weighted by Crippen LogP contribution is 2.39. The van der Waals surface area contributed by atoms with E-state index >= 15 is 0 Å². The second kappa shape index (κ2) is 3.77. The van der Waals surface area contributed by atoms with Crippen LogP contribution in [0.5, 0.6) is 0 Å². The Morgan fingerprint density at radius 2 is 2.36 bits per heavy atom. The molecule has 0 atom stereocenters. The first-order chi connectivity index (χ1) is 6.79. The van der Waals surface area contributed by atoms with Crippen LogP contribution in [0.25, 0.3) is 0 Å². The van der Waals surface area contributed by atoms with Gasteiger partial charge in [-0.05, 0) is 12.8 Å². The molecule has 5 heteroatoms. The predicted octanol–water partition coefficient (Wildman–Crippen LogP) is 1.05. The van der Waals surface area contributed by atoms with Crippen LogP contribution < -0.4 is 0 Å². The molecule has 0 spiro atoms. The van der Waals surface area contributed by atoms with Crippen molar-refractivity contribution in [2.24, 2.45) is 0 Å². The van der Waals surface area contributed by atoms with Crippen LogP contribution >= 0.6 is 0 Å². The zero-order valence-corrected chi connectivity index (χ0v) is 8.02. The molecular formula is C9H12N2O3. The lowest BCUT2D eigenvalue weighted by molar-refractivity contribution is -0.140. The van der Waals surface area contributed by atoms with Gasteiger partial charge >= 0.3 is 5.97 Å². The van der Waals surface area contributed by atoms with Crippen molar-refractivity contribution in [1.29, 1.82) is 0 Å². The van der Waals surface area contributed by atoms with E-state index in [1.165, 1.54) is 7.11 Å². The van der Waals surface area contributed by atoms with Crippen LogP contribution in [-0.4, -0.2) is 23.3 Å². The standard InChI is InChI=1S/C9H12N2O3/c1-13-8(12)5-4-7-10-11-9(14-7)6-2-3-6/h6H,2-5H2,1H3. The molecule has 2 rings (SSSR count). The van der Waals surface area contributed by atoms with Gasteiger partial charge in [0.2, 0.25) is 11.8 Å². The molecule has 1 aliphatic rings. The van der Waals surface area contributed by atoms with Crippen LogP contribution in [0.1, 0.15) is 37.0 Å². The Morgan fingerprint density at radius 3 is 3.00 bits per heavy atom. The van der Waals surface area contributed by atoms with Crippen LogP contribution in [0.4, 0.5) is 0 Å². The molecule has 5 nitrogen and oxygen atoms in total. The molecule has 0 saturated heterocycles. The molecule has 0 N–H and O–H groups in total. The highest BCUT2D eigenvalue weighted by Gasteiger charge is 2.29. The molecule has 0 aromatic carbocycles. The second-order valence-corrected chi connectivity index (χ2v) is 3.38. The molecule has 0 amide bonds. The van der Waals surface area contributed by atoms with Crippen molar-refractivity contribution in [3.8, 4) is 0 Å². The van der Waals surface area contributed by atoms with Gasteiger partial charge in [-0.2, -0.15) is 0 Å². The number of hydrogen-bond donors (Lipinski definition) is 0. The summed E-state index contributed by atoms with van der Waals surface area (Å²) in [6.07, 6.45) is 3.03. The molecule has 76 valence electrons. The van der Waals surface area contributed by atoms with Crippen molar-refractivity contribution >= 4 is 5.97 Å². The van der Waals surface area contributed by atoms with Crippen molar-refractivity contribution in [2.45, 2.75) is 31.6 Å². The van der Waals surface area contributed by atoms with Gasteiger partial charge in [-0.1, -0.05) is 0 Å². The molecule has 14 heavy (non-hydrogen) atoms. The van der Waals surface area contributed by atoms with E-state index in [4.69, 9.17) is 4.42 Å². The number of nitrogens with zero attached hydrogens (tertiary/aromatic N) is 2. The number of aryl methyl sites for hydroxylation is 1. The fourth-order valence-corrected chi connectivity index (χ4v) is 1.17. The molecule has 1 aliphatic carbocycles.